The van der Waals surface area contributed by atoms with Gasteiger partial charge in [-0.05, 0) is 18.8 Å². The Bertz CT molecular complexity index is 196. The number of ether oxygens (including phenoxy) is 1. The van der Waals surface area contributed by atoms with E-state index >= 15 is 0 Å². The van der Waals surface area contributed by atoms with Crippen molar-refractivity contribution in [1.29, 1.82) is 0 Å². The second-order valence-corrected chi connectivity index (χ2v) is 5.18. The van der Waals surface area contributed by atoms with E-state index in [2.05, 4.69) is 0 Å². The maximum absolute atomic E-state index is 10.0. The smallest absolute Gasteiger partial charge is 0.140 e. The highest BCUT2D eigenvalue weighted by Crippen LogP contribution is 2.31. The lowest BCUT2D eigenvalue weighted by molar-refractivity contribution is -0.173. The number of nitrogens with two attached hydrogens (primary N) is 1. The molecule has 0 aromatic carbocycles. The van der Waals surface area contributed by atoms with Crippen LogP contribution in [0.15, 0.2) is 0 Å². The molecule has 1 saturated heterocycles. The summed E-state index contributed by atoms with van der Waals surface area (Å²) >= 11 is 0. The van der Waals surface area contributed by atoms with Crippen molar-refractivity contribution in [3.63, 3.8) is 0 Å². The fourth-order valence-corrected chi connectivity index (χ4v) is 2.70. The first-order valence-electron chi connectivity index (χ1n) is 6.31. The van der Waals surface area contributed by atoms with Crippen LogP contribution >= 0.6 is 0 Å². The van der Waals surface area contributed by atoms with Crippen LogP contribution in [-0.4, -0.2) is 23.5 Å². The number of hydrogen-bond acceptors (Lipinski definition) is 3. The van der Waals surface area contributed by atoms with Crippen molar-refractivity contribution >= 4 is 0 Å². The highest BCUT2D eigenvalue weighted by molar-refractivity contribution is 4.86. The van der Waals surface area contributed by atoms with Gasteiger partial charge in [-0.15, -0.1) is 0 Å². The van der Waals surface area contributed by atoms with Gasteiger partial charge in [-0.25, -0.2) is 0 Å². The van der Waals surface area contributed by atoms with Gasteiger partial charge in [0.1, 0.15) is 11.8 Å². The van der Waals surface area contributed by atoms with Crippen LogP contribution in [0.25, 0.3) is 0 Å². The molecule has 2 atom stereocenters. The molecule has 3 nitrogen and oxygen atoms in total. The van der Waals surface area contributed by atoms with Crippen LogP contribution in [0.4, 0.5) is 0 Å². The van der Waals surface area contributed by atoms with Crippen LogP contribution in [0.3, 0.4) is 0 Å². The maximum atomic E-state index is 10.0. The molecule has 0 bridgehead atoms. The van der Waals surface area contributed by atoms with E-state index in [1.807, 2.05) is 0 Å². The highest BCUT2D eigenvalue weighted by Gasteiger charge is 2.38. The first-order chi connectivity index (χ1) is 7.18. The standard InChI is InChI=1S/C12H23NO2/c13-12(14,11-7-9-15-11)8-6-10-4-2-1-3-5-10/h10-11,14H,1-9,13H2. The third-order valence-corrected chi connectivity index (χ3v) is 3.93. The second kappa shape index (κ2) is 4.81. The minimum Gasteiger partial charge on any atom is -0.374 e. The molecule has 2 fully saturated rings. The van der Waals surface area contributed by atoms with Crippen LogP contribution < -0.4 is 5.73 Å². The second-order valence-electron chi connectivity index (χ2n) is 5.18. The quantitative estimate of drug-likeness (QED) is 0.700. The molecule has 15 heavy (non-hydrogen) atoms. The van der Waals surface area contributed by atoms with E-state index in [9.17, 15) is 5.11 Å². The predicted molar refractivity (Wildman–Crippen MR) is 59.3 cm³/mol. The van der Waals surface area contributed by atoms with Gasteiger partial charge in [-0.1, -0.05) is 32.1 Å². The van der Waals surface area contributed by atoms with Crippen molar-refractivity contribution in [1.82, 2.24) is 0 Å². The summed E-state index contributed by atoms with van der Waals surface area (Å²) in [6, 6.07) is 0. The fraction of sp³-hybridized carbons (Fsp3) is 1.00. The van der Waals surface area contributed by atoms with Crippen LogP contribution in [0.5, 0.6) is 0 Å². The largest absolute Gasteiger partial charge is 0.374 e. The zero-order valence-electron chi connectivity index (χ0n) is 9.45. The maximum Gasteiger partial charge on any atom is 0.140 e. The van der Waals surface area contributed by atoms with E-state index in [0.29, 0.717) is 6.42 Å². The molecule has 3 N–H and O–H groups in total. The van der Waals surface area contributed by atoms with E-state index in [1.54, 1.807) is 0 Å². The Balaban J connectivity index is 1.70. The van der Waals surface area contributed by atoms with Crippen molar-refractivity contribution < 1.29 is 9.84 Å². The summed E-state index contributed by atoms with van der Waals surface area (Å²) in [5.41, 5.74) is 4.80. The minimum atomic E-state index is -1.07. The molecular formula is C12H23NO2. The third-order valence-electron chi connectivity index (χ3n) is 3.93. The third kappa shape index (κ3) is 2.92. The fourth-order valence-electron chi connectivity index (χ4n) is 2.70. The molecule has 0 spiro atoms. The van der Waals surface area contributed by atoms with Crippen molar-refractivity contribution in [2.75, 3.05) is 6.61 Å². The minimum absolute atomic E-state index is 0.110. The molecule has 0 amide bonds. The molecule has 2 rings (SSSR count). The molecule has 0 radical (unpaired) electrons. The summed E-state index contributed by atoms with van der Waals surface area (Å²) in [7, 11) is 0. The molecule has 1 saturated carbocycles. The van der Waals surface area contributed by atoms with Gasteiger partial charge >= 0.3 is 0 Å². The lowest BCUT2D eigenvalue weighted by Gasteiger charge is -2.39. The van der Waals surface area contributed by atoms with Crippen LogP contribution in [0, 0.1) is 5.92 Å². The highest BCUT2D eigenvalue weighted by atomic mass is 16.5. The average molecular weight is 213 g/mol. The van der Waals surface area contributed by atoms with Gasteiger partial charge in [0, 0.05) is 13.0 Å². The molecular weight excluding hydrogens is 190 g/mol. The molecule has 0 aromatic heterocycles. The van der Waals surface area contributed by atoms with E-state index in [-0.39, 0.29) is 6.10 Å². The van der Waals surface area contributed by atoms with Gasteiger partial charge < -0.3 is 15.6 Å². The van der Waals surface area contributed by atoms with Crippen LogP contribution in [0.2, 0.25) is 0 Å². The Morgan fingerprint density at radius 2 is 1.87 bits per heavy atom. The molecule has 1 heterocycles. The topological polar surface area (TPSA) is 55.5 Å². The van der Waals surface area contributed by atoms with Gasteiger partial charge in [-0.2, -0.15) is 0 Å². The van der Waals surface area contributed by atoms with E-state index in [1.165, 1.54) is 32.1 Å². The first-order valence-corrected chi connectivity index (χ1v) is 6.31. The molecule has 2 unspecified atom stereocenters. The normalized spacial score (nSPS) is 32.0. The van der Waals surface area contributed by atoms with Gasteiger partial charge in [-0.3, -0.25) is 0 Å². The lowest BCUT2D eigenvalue weighted by Crippen LogP contribution is -2.56. The Morgan fingerprint density at radius 1 is 1.20 bits per heavy atom. The summed E-state index contributed by atoms with van der Waals surface area (Å²) < 4.78 is 5.26. The Morgan fingerprint density at radius 3 is 2.40 bits per heavy atom. The molecule has 1 aliphatic heterocycles. The zero-order valence-corrected chi connectivity index (χ0v) is 9.45. The average Bonchev–Trinajstić information content (AvgIpc) is 2.13. The van der Waals surface area contributed by atoms with E-state index in [0.717, 1.165) is 25.4 Å². The van der Waals surface area contributed by atoms with Gasteiger partial charge in [0.15, 0.2) is 0 Å². The molecule has 0 aromatic rings. The zero-order chi connectivity index (χ0) is 10.7. The number of aliphatic hydroxyl groups is 1. The summed E-state index contributed by atoms with van der Waals surface area (Å²) in [5, 5.41) is 10.0. The van der Waals surface area contributed by atoms with E-state index < -0.39 is 5.72 Å². The van der Waals surface area contributed by atoms with Gasteiger partial charge in [0.05, 0.1) is 0 Å². The van der Waals surface area contributed by atoms with Crippen molar-refractivity contribution in [2.45, 2.75) is 63.2 Å². The molecule has 2 aliphatic rings. The number of rotatable bonds is 4. The monoisotopic (exact) mass is 213 g/mol. The van der Waals surface area contributed by atoms with Crippen molar-refractivity contribution in [2.24, 2.45) is 11.7 Å². The SMILES string of the molecule is NC(O)(CCC1CCCCC1)C1CCO1. The first kappa shape index (κ1) is 11.4. The molecule has 3 heteroatoms. The van der Waals surface area contributed by atoms with Crippen molar-refractivity contribution in [3.05, 3.63) is 0 Å². The molecule has 88 valence electrons. The number of hydrogen-bond donors (Lipinski definition) is 2. The Kier molecular flexibility index (Phi) is 3.65. The predicted octanol–water partition coefficient (Wildman–Crippen LogP) is 1.78. The Hall–Kier alpha value is -0.120. The summed E-state index contributed by atoms with van der Waals surface area (Å²) in [5.74, 6) is 0.786. The van der Waals surface area contributed by atoms with Crippen LogP contribution in [-0.2, 0) is 4.74 Å². The summed E-state index contributed by atoms with van der Waals surface area (Å²) in [6.07, 6.45) is 9.30. The van der Waals surface area contributed by atoms with E-state index in [4.69, 9.17) is 10.5 Å². The lowest BCUT2D eigenvalue weighted by atomic mass is 9.83. The van der Waals surface area contributed by atoms with Gasteiger partial charge in [0.2, 0.25) is 0 Å². The van der Waals surface area contributed by atoms with Crippen molar-refractivity contribution in [3.8, 4) is 0 Å². The summed E-state index contributed by atoms with van der Waals surface area (Å²) in [6.45, 7) is 0.758. The Labute approximate surface area is 92.0 Å². The molecule has 1 aliphatic carbocycles. The van der Waals surface area contributed by atoms with Crippen LogP contribution in [0.1, 0.15) is 51.4 Å². The van der Waals surface area contributed by atoms with Gasteiger partial charge in [0.25, 0.3) is 0 Å². The summed E-state index contributed by atoms with van der Waals surface area (Å²) in [4.78, 5) is 0.